The predicted molar refractivity (Wildman–Crippen MR) is 47.3 cm³/mol. The van der Waals surface area contributed by atoms with Gasteiger partial charge in [0.25, 0.3) is 10.1 Å². The number of hydrogen-bond donors (Lipinski definition) is 0. The molecule has 1 rings (SSSR count). The molecule has 72 valence electrons. The lowest BCUT2D eigenvalue weighted by Crippen LogP contribution is -2.21. The van der Waals surface area contributed by atoms with E-state index in [0.717, 1.165) is 12.7 Å². The molecule has 1 aliphatic rings. The van der Waals surface area contributed by atoms with Gasteiger partial charge in [0.1, 0.15) is 0 Å². The molecule has 0 aromatic rings. The Kier molecular flexibility index (Phi) is 3.12. The van der Waals surface area contributed by atoms with E-state index in [-0.39, 0.29) is 6.10 Å². The predicted octanol–water partition coefficient (Wildman–Crippen LogP) is 1.54. The van der Waals surface area contributed by atoms with Gasteiger partial charge in [-0.05, 0) is 19.3 Å². The third-order valence-electron chi connectivity index (χ3n) is 2.23. The third-order valence-corrected chi connectivity index (χ3v) is 2.91. The molecule has 0 aliphatic heterocycles. The van der Waals surface area contributed by atoms with Crippen molar-refractivity contribution < 1.29 is 12.6 Å². The second-order valence-corrected chi connectivity index (χ2v) is 5.24. The molecule has 0 radical (unpaired) electrons. The zero-order chi connectivity index (χ0) is 9.19. The topological polar surface area (TPSA) is 43.4 Å². The van der Waals surface area contributed by atoms with Gasteiger partial charge in [-0.2, -0.15) is 8.42 Å². The first-order valence-corrected chi connectivity index (χ1v) is 6.17. The molecular weight excluding hydrogens is 176 g/mol. The van der Waals surface area contributed by atoms with Crippen molar-refractivity contribution >= 4 is 10.1 Å². The molecule has 1 saturated carbocycles. The van der Waals surface area contributed by atoms with Crippen LogP contribution in [-0.4, -0.2) is 20.8 Å². The molecule has 12 heavy (non-hydrogen) atoms. The fraction of sp³-hybridized carbons (Fsp3) is 1.00. The Hall–Kier alpha value is -0.0900. The summed E-state index contributed by atoms with van der Waals surface area (Å²) in [5.74, 6) is 0.696. The molecule has 4 heteroatoms. The highest BCUT2D eigenvalue weighted by molar-refractivity contribution is 7.86. The fourth-order valence-corrected chi connectivity index (χ4v) is 2.21. The van der Waals surface area contributed by atoms with Crippen LogP contribution in [-0.2, 0) is 14.3 Å². The van der Waals surface area contributed by atoms with Gasteiger partial charge in [0.15, 0.2) is 0 Å². The highest BCUT2D eigenvalue weighted by atomic mass is 32.2. The number of rotatable bonds is 4. The molecule has 1 aliphatic carbocycles. The molecular formula is C8H16O3S. The normalized spacial score (nSPS) is 21.8. The van der Waals surface area contributed by atoms with Crippen LogP contribution < -0.4 is 0 Å². The summed E-state index contributed by atoms with van der Waals surface area (Å²) in [5, 5.41) is 0. The van der Waals surface area contributed by atoms with E-state index in [1.807, 2.05) is 6.92 Å². The molecule has 0 heterocycles. The summed E-state index contributed by atoms with van der Waals surface area (Å²) in [4.78, 5) is 0. The van der Waals surface area contributed by atoms with Crippen molar-refractivity contribution in [3.63, 3.8) is 0 Å². The summed E-state index contributed by atoms with van der Waals surface area (Å²) in [5.41, 5.74) is 0. The Bertz CT molecular complexity index is 229. The highest BCUT2D eigenvalue weighted by Gasteiger charge is 2.21. The van der Waals surface area contributed by atoms with Gasteiger partial charge in [-0.1, -0.05) is 19.3 Å². The molecule has 0 aromatic heterocycles. The van der Waals surface area contributed by atoms with Gasteiger partial charge in [-0.15, -0.1) is 0 Å². The summed E-state index contributed by atoms with van der Waals surface area (Å²) < 4.78 is 26.2. The van der Waals surface area contributed by atoms with E-state index in [1.54, 1.807) is 0 Å². The largest absolute Gasteiger partial charge is 0.267 e. The molecule has 3 nitrogen and oxygen atoms in total. The molecule has 0 bridgehead atoms. The van der Waals surface area contributed by atoms with Crippen molar-refractivity contribution in [1.29, 1.82) is 0 Å². The van der Waals surface area contributed by atoms with Gasteiger partial charge >= 0.3 is 0 Å². The van der Waals surface area contributed by atoms with Crippen LogP contribution in [0.2, 0.25) is 0 Å². The Morgan fingerprint density at radius 2 is 2.08 bits per heavy atom. The zero-order valence-corrected chi connectivity index (χ0v) is 8.43. The maximum Gasteiger partial charge on any atom is 0.264 e. The van der Waals surface area contributed by atoms with Crippen molar-refractivity contribution in [3.05, 3.63) is 0 Å². The van der Waals surface area contributed by atoms with Crippen LogP contribution in [0.25, 0.3) is 0 Å². The number of hydrogen-bond acceptors (Lipinski definition) is 3. The molecule has 0 N–H and O–H groups in total. The average Bonchev–Trinajstić information content (AvgIpc) is 1.74. The summed E-state index contributed by atoms with van der Waals surface area (Å²) in [6.45, 7) is 1.82. The molecule has 0 saturated heterocycles. The second kappa shape index (κ2) is 3.75. The van der Waals surface area contributed by atoms with E-state index in [2.05, 4.69) is 0 Å². The van der Waals surface area contributed by atoms with Crippen LogP contribution in [0.5, 0.6) is 0 Å². The minimum absolute atomic E-state index is 0.148. The van der Waals surface area contributed by atoms with Gasteiger partial charge in [0, 0.05) is 0 Å². The van der Waals surface area contributed by atoms with Gasteiger partial charge in [-0.25, -0.2) is 0 Å². The SMILES string of the molecule is CC(CC1CCC1)OS(C)(=O)=O. The average molecular weight is 192 g/mol. The minimum Gasteiger partial charge on any atom is -0.267 e. The molecule has 0 amide bonds. The van der Waals surface area contributed by atoms with Crippen LogP contribution in [0.3, 0.4) is 0 Å². The zero-order valence-electron chi connectivity index (χ0n) is 7.62. The van der Waals surface area contributed by atoms with E-state index in [9.17, 15) is 8.42 Å². The van der Waals surface area contributed by atoms with Crippen molar-refractivity contribution in [2.45, 2.75) is 38.7 Å². The van der Waals surface area contributed by atoms with Crippen molar-refractivity contribution in [2.24, 2.45) is 5.92 Å². The van der Waals surface area contributed by atoms with E-state index in [4.69, 9.17) is 4.18 Å². The lowest BCUT2D eigenvalue weighted by Gasteiger charge is -2.27. The Morgan fingerprint density at radius 1 is 1.50 bits per heavy atom. The first kappa shape index (κ1) is 9.99. The van der Waals surface area contributed by atoms with Gasteiger partial charge < -0.3 is 0 Å². The maximum atomic E-state index is 10.7. The molecule has 0 aromatic carbocycles. The Labute approximate surface area is 74.2 Å². The van der Waals surface area contributed by atoms with Crippen molar-refractivity contribution in [2.75, 3.05) is 6.26 Å². The molecule has 1 unspecified atom stereocenters. The van der Waals surface area contributed by atoms with E-state index >= 15 is 0 Å². The molecule has 1 atom stereocenters. The van der Waals surface area contributed by atoms with E-state index in [0.29, 0.717) is 5.92 Å². The highest BCUT2D eigenvalue weighted by Crippen LogP contribution is 2.31. The third kappa shape index (κ3) is 3.54. The quantitative estimate of drug-likeness (QED) is 0.635. The summed E-state index contributed by atoms with van der Waals surface area (Å²) >= 11 is 0. The standard InChI is InChI=1S/C8H16O3S/c1-7(11-12(2,9)10)6-8-4-3-5-8/h7-8H,3-6H2,1-2H3. The smallest absolute Gasteiger partial charge is 0.264 e. The lowest BCUT2D eigenvalue weighted by molar-refractivity contribution is 0.160. The van der Waals surface area contributed by atoms with Crippen LogP contribution in [0.1, 0.15) is 32.6 Å². The summed E-state index contributed by atoms with van der Waals surface area (Å²) in [6, 6.07) is 0. The minimum atomic E-state index is -3.25. The van der Waals surface area contributed by atoms with Crippen LogP contribution in [0.4, 0.5) is 0 Å². The lowest BCUT2D eigenvalue weighted by atomic mass is 9.82. The van der Waals surface area contributed by atoms with E-state index < -0.39 is 10.1 Å². The second-order valence-electron chi connectivity index (χ2n) is 3.64. The first-order chi connectivity index (χ1) is 5.47. The van der Waals surface area contributed by atoms with Gasteiger partial charge in [0.2, 0.25) is 0 Å². The summed E-state index contributed by atoms with van der Waals surface area (Å²) in [6.07, 6.45) is 5.59. The van der Waals surface area contributed by atoms with Crippen LogP contribution in [0.15, 0.2) is 0 Å². The maximum absolute atomic E-state index is 10.7. The Balaban J connectivity index is 2.23. The monoisotopic (exact) mass is 192 g/mol. The van der Waals surface area contributed by atoms with Crippen LogP contribution >= 0.6 is 0 Å². The molecule has 0 spiro atoms. The van der Waals surface area contributed by atoms with Gasteiger partial charge in [0.05, 0.1) is 12.4 Å². The fourth-order valence-electron chi connectivity index (χ4n) is 1.54. The first-order valence-electron chi connectivity index (χ1n) is 4.35. The van der Waals surface area contributed by atoms with Crippen molar-refractivity contribution in [1.82, 2.24) is 0 Å². The summed E-state index contributed by atoms with van der Waals surface area (Å²) in [7, 11) is -3.25. The van der Waals surface area contributed by atoms with E-state index in [1.165, 1.54) is 19.3 Å². The van der Waals surface area contributed by atoms with Crippen LogP contribution in [0, 0.1) is 5.92 Å². The van der Waals surface area contributed by atoms with Crippen molar-refractivity contribution in [3.8, 4) is 0 Å². The Morgan fingerprint density at radius 3 is 2.42 bits per heavy atom. The molecule has 1 fully saturated rings. The van der Waals surface area contributed by atoms with Gasteiger partial charge in [-0.3, -0.25) is 4.18 Å².